The van der Waals surface area contributed by atoms with Crippen molar-refractivity contribution in [2.24, 2.45) is 0 Å². The average molecular weight is 384 g/mol. The molecule has 1 N–H and O–H groups in total. The summed E-state index contributed by atoms with van der Waals surface area (Å²) in [6.07, 6.45) is -0.472. The fourth-order valence-corrected chi connectivity index (χ4v) is 2.80. The number of hydrogen-bond donors (Lipinski definition) is 1. The van der Waals surface area contributed by atoms with Crippen molar-refractivity contribution < 1.29 is 18.7 Å². The maximum atomic E-state index is 13.0. The Balaban J connectivity index is 2.06. The summed E-state index contributed by atoms with van der Waals surface area (Å²) in [6, 6.07) is 12.0. The number of benzene rings is 2. The van der Waals surface area contributed by atoms with Crippen molar-refractivity contribution in [3.8, 4) is 0 Å². The van der Waals surface area contributed by atoms with Crippen LogP contribution in [0.2, 0.25) is 0 Å². The molecule has 0 spiro atoms. The number of halogens is 2. The quantitative estimate of drug-likeness (QED) is 0.607. The lowest BCUT2D eigenvalue weighted by molar-refractivity contribution is 0.111. The standard InChI is InChI=1S/C14H11BFIO3/c16-11-3-1-9(2-4-11)14-13-6-5-12(17)7-10(13)8-19-15(18)20-14/h1-7,14,18H,8H2. The van der Waals surface area contributed by atoms with Gasteiger partial charge in [-0.15, -0.1) is 0 Å². The molecule has 20 heavy (non-hydrogen) atoms. The predicted molar refractivity (Wildman–Crippen MR) is 81.2 cm³/mol. The molecule has 3 nitrogen and oxygen atoms in total. The molecule has 0 saturated carbocycles. The Morgan fingerprint density at radius 1 is 1.20 bits per heavy atom. The van der Waals surface area contributed by atoms with Crippen LogP contribution in [0.15, 0.2) is 42.5 Å². The molecule has 0 bridgehead atoms. The highest BCUT2D eigenvalue weighted by molar-refractivity contribution is 14.1. The monoisotopic (exact) mass is 384 g/mol. The van der Waals surface area contributed by atoms with Gasteiger partial charge in [-0.25, -0.2) is 4.39 Å². The molecule has 0 radical (unpaired) electrons. The summed E-state index contributed by atoms with van der Waals surface area (Å²) in [7, 11) is -1.30. The summed E-state index contributed by atoms with van der Waals surface area (Å²) in [5.74, 6) is -0.304. The van der Waals surface area contributed by atoms with E-state index in [0.29, 0.717) is 0 Å². The molecule has 0 aromatic heterocycles. The first-order chi connectivity index (χ1) is 9.63. The van der Waals surface area contributed by atoms with Crippen molar-refractivity contribution in [2.45, 2.75) is 12.7 Å². The molecule has 1 atom stereocenters. The second kappa shape index (κ2) is 5.81. The Kier molecular flexibility index (Phi) is 4.07. The Morgan fingerprint density at radius 2 is 1.95 bits per heavy atom. The van der Waals surface area contributed by atoms with Crippen molar-refractivity contribution >= 4 is 29.9 Å². The summed E-state index contributed by atoms with van der Waals surface area (Å²) in [5.41, 5.74) is 2.66. The fourth-order valence-electron chi connectivity index (χ4n) is 2.24. The summed E-state index contributed by atoms with van der Waals surface area (Å²) in [4.78, 5) is 0. The maximum Gasteiger partial charge on any atom is 0.637 e. The van der Waals surface area contributed by atoms with Gasteiger partial charge in [0.25, 0.3) is 0 Å². The molecule has 2 aromatic carbocycles. The number of rotatable bonds is 1. The third-order valence-corrected chi connectivity index (χ3v) is 3.87. The number of hydrogen-bond acceptors (Lipinski definition) is 3. The molecule has 2 aromatic rings. The van der Waals surface area contributed by atoms with Crippen LogP contribution in [0.1, 0.15) is 22.8 Å². The van der Waals surface area contributed by atoms with Crippen LogP contribution in [0.3, 0.4) is 0 Å². The highest BCUT2D eigenvalue weighted by Crippen LogP contribution is 2.33. The van der Waals surface area contributed by atoms with Gasteiger partial charge >= 0.3 is 7.32 Å². The van der Waals surface area contributed by atoms with Gasteiger partial charge < -0.3 is 14.3 Å². The minimum atomic E-state index is -1.30. The normalized spacial score (nSPS) is 18.6. The summed E-state index contributed by atoms with van der Waals surface area (Å²) < 4.78 is 24.9. The topological polar surface area (TPSA) is 38.7 Å². The van der Waals surface area contributed by atoms with E-state index >= 15 is 0 Å². The Hall–Kier alpha value is -0.955. The summed E-state index contributed by atoms with van der Waals surface area (Å²) in [5, 5.41) is 9.70. The summed E-state index contributed by atoms with van der Waals surface area (Å²) >= 11 is 2.22. The predicted octanol–water partition coefficient (Wildman–Crippen LogP) is 3.04. The molecule has 0 fully saturated rings. The van der Waals surface area contributed by atoms with Crippen LogP contribution in [0.4, 0.5) is 4.39 Å². The molecule has 102 valence electrons. The largest absolute Gasteiger partial charge is 0.637 e. The Labute approximate surface area is 130 Å². The molecule has 3 rings (SSSR count). The van der Waals surface area contributed by atoms with Crippen molar-refractivity contribution in [1.82, 2.24) is 0 Å². The molecular formula is C14H11BFIO3. The molecule has 0 amide bonds. The van der Waals surface area contributed by atoms with E-state index in [-0.39, 0.29) is 12.4 Å². The molecule has 0 saturated heterocycles. The minimum absolute atomic E-state index is 0.283. The lowest BCUT2D eigenvalue weighted by atomic mass is 9.96. The van der Waals surface area contributed by atoms with Crippen LogP contribution in [0, 0.1) is 9.39 Å². The van der Waals surface area contributed by atoms with Crippen LogP contribution in [-0.4, -0.2) is 12.3 Å². The first kappa shape index (κ1) is 14.0. The molecule has 1 aliphatic rings. The zero-order valence-electron chi connectivity index (χ0n) is 10.4. The molecule has 1 heterocycles. The van der Waals surface area contributed by atoms with Crippen molar-refractivity contribution in [3.05, 3.63) is 68.5 Å². The van der Waals surface area contributed by atoms with Crippen LogP contribution in [-0.2, 0) is 15.9 Å². The molecule has 6 heteroatoms. The second-order valence-corrected chi connectivity index (χ2v) is 5.77. The SMILES string of the molecule is OB1OCc2cc(I)ccc2C(c2ccc(F)cc2)O1. The Bertz CT molecular complexity index is 620. The van der Waals surface area contributed by atoms with E-state index in [4.69, 9.17) is 9.31 Å². The Morgan fingerprint density at radius 3 is 2.70 bits per heavy atom. The van der Waals surface area contributed by atoms with Gasteiger partial charge in [0.05, 0.1) is 12.7 Å². The van der Waals surface area contributed by atoms with Gasteiger partial charge in [0.1, 0.15) is 5.82 Å². The molecule has 1 aliphatic heterocycles. The van der Waals surface area contributed by atoms with Gasteiger partial charge in [0, 0.05) is 3.57 Å². The van der Waals surface area contributed by atoms with E-state index in [2.05, 4.69) is 22.6 Å². The first-order valence-electron chi connectivity index (χ1n) is 6.12. The molecule has 1 unspecified atom stereocenters. The van der Waals surface area contributed by atoms with E-state index in [1.807, 2.05) is 18.2 Å². The average Bonchev–Trinajstić information content (AvgIpc) is 2.59. The first-order valence-corrected chi connectivity index (χ1v) is 7.20. The van der Waals surface area contributed by atoms with Gasteiger partial charge in [-0.2, -0.15) is 0 Å². The lowest BCUT2D eigenvalue weighted by Gasteiger charge is -2.19. The highest BCUT2D eigenvalue weighted by atomic mass is 127. The van der Waals surface area contributed by atoms with Crippen LogP contribution >= 0.6 is 22.6 Å². The van der Waals surface area contributed by atoms with E-state index in [1.54, 1.807) is 12.1 Å². The minimum Gasteiger partial charge on any atom is -0.402 e. The van der Waals surface area contributed by atoms with Crippen LogP contribution in [0.5, 0.6) is 0 Å². The van der Waals surface area contributed by atoms with E-state index in [1.165, 1.54) is 12.1 Å². The number of fused-ring (bicyclic) bond motifs is 1. The lowest BCUT2D eigenvalue weighted by Crippen LogP contribution is -2.22. The fraction of sp³-hybridized carbons (Fsp3) is 0.143. The van der Waals surface area contributed by atoms with Crippen LogP contribution < -0.4 is 0 Å². The van der Waals surface area contributed by atoms with Crippen molar-refractivity contribution in [1.29, 1.82) is 0 Å². The third-order valence-electron chi connectivity index (χ3n) is 3.19. The zero-order valence-corrected chi connectivity index (χ0v) is 12.6. The smallest absolute Gasteiger partial charge is 0.402 e. The van der Waals surface area contributed by atoms with Gasteiger partial charge in [-0.3, -0.25) is 0 Å². The summed E-state index contributed by atoms with van der Waals surface area (Å²) in [6.45, 7) is 0.283. The second-order valence-electron chi connectivity index (χ2n) is 4.53. The van der Waals surface area contributed by atoms with Gasteiger partial charge in [-0.05, 0) is 63.5 Å². The van der Waals surface area contributed by atoms with Gasteiger partial charge in [0.2, 0.25) is 0 Å². The van der Waals surface area contributed by atoms with E-state index in [0.717, 1.165) is 20.3 Å². The highest BCUT2D eigenvalue weighted by Gasteiger charge is 2.30. The van der Waals surface area contributed by atoms with Crippen LogP contribution in [0.25, 0.3) is 0 Å². The molecular weight excluding hydrogens is 373 g/mol. The third kappa shape index (κ3) is 2.88. The van der Waals surface area contributed by atoms with Gasteiger partial charge in [0.15, 0.2) is 0 Å². The zero-order chi connectivity index (χ0) is 14.1. The van der Waals surface area contributed by atoms with Gasteiger partial charge in [-0.1, -0.05) is 18.2 Å². The van der Waals surface area contributed by atoms with Crippen molar-refractivity contribution in [3.63, 3.8) is 0 Å². The van der Waals surface area contributed by atoms with E-state index < -0.39 is 13.4 Å². The maximum absolute atomic E-state index is 13.0. The van der Waals surface area contributed by atoms with Crippen molar-refractivity contribution in [2.75, 3.05) is 0 Å². The van der Waals surface area contributed by atoms with E-state index in [9.17, 15) is 9.41 Å². The molecule has 0 aliphatic carbocycles.